The molecule has 0 unspecified atom stereocenters. The molecule has 1 aliphatic rings. The van der Waals surface area contributed by atoms with Gasteiger partial charge in [-0.1, -0.05) is 6.92 Å². The number of ether oxygens (including phenoxy) is 2. The van der Waals surface area contributed by atoms with Crippen LogP contribution in [-0.4, -0.2) is 49.2 Å². The van der Waals surface area contributed by atoms with E-state index in [9.17, 15) is 0 Å². The number of hydrogen-bond acceptors (Lipinski definition) is 4. The second-order valence-electron chi connectivity index (χ2n) is 5.00. The predicted molar refractivity (Wildman–Crippen MR) is 64.8 cm³/mol. The molecule has 4 nitrogen and oxygen atoms in total. The van der Waals surface area contributed by atoms with Gasteiger partial charge in [0.15, 0.2) is 0 Å². The molecule has 0 amide bonds. The van der Waals surface area contributed by atoms with Crippen molar-refractivity contribution in [1.82, 2.24) is 0 Å². The fourth-order valence-corrected chi connectivity index (χ4v) is 3.00. The highest BCUT2D eigenvalue weighted by Gasteiger charge is 2.33. The predicted octanol–water partition coefficient (Wildman–Crippen LogP) is 1.79. The van der Waals surface area contributed by atoms with Crippen molar-refractivity contribution in [2.24, 2.45) is 5.41 Å². The Morgan fingerprint density at radius 3 is 2.31 bits per heavy atom. The lowest BCUT2D eigenvalue weighted by molar-refractivity contribution is -0.137. The van der Waals surface area contributed by atoms with E-state index >= 15 is 0 Å². The van der Waals surface area contributed by atoms with Crippen LogP contribution in [0.5, 0.6) is 0 Å². The molecule has 0 radical (unpaired) electrons. The minimum Gasteiger partial charge on any atom is -0.398 e. The van der Waals surface area contributed by atoms with E-state index in [1.165, 1.54) is 0 Å². The van der Waals surface area contributed by atoms with Crippen LogP contribution < -0.4 is 0 Å². The molecule has 96 valence electrons. The van der Waals surface area contributed by atoms with E-state index in [-0.39, 0.29) is 5.41 Å². The van der Waals surface area contributed by atoms with Gasteiger partial charge < -0.3 is 18.3 Å². The maximum absolute atomic E-state index is 5.66. The van der Waals surface area contributed by atoms with Crippen molar-refractivity contribution < 1.29 is 18.3 Å². The molecule has 0 spiro atoms. The zero-order chi connectivity index (χ0) is 12.1. The van der Waals surface area contributed by atoms with Gasteiger partial charge >= 0.3 is 8.56 Å². The van der Waals surface area contributed by atoms with Gasteiger partial charge in [-0.15, -0.1) is 0 Å². The largest absolute Gasteiger partial charge is 0.398 e. The van der Waals surface area contributed by atoms with Gasteiger partial charge in [-0.25, -0.2) is 0 Å². The van der Waals surface area contributed by atoms with E-state index in [1.807, 2.05) is 0 Å². The second-order valence-corrected chi connectivity index (χ2v) is 8.59. The SMILES string of the molecule is CO[Si](C)(CCCOCC1(C)COC1)OC. The van der Waals surface area contributed by atoms with Crippen LogP contribution >= 0.6 is 0 Å². The molecule has 1 aliphatic heterocycles. The Kier molecular flexibility index (Phi) is 5.40. The van der Waals surface area contributed by atoms with Gasteiger partial charge in [-0.3, -0.25) is 0 Å². The van der Waals surface area contributed by atoms with Crippen molar-refractivity contribution in [3.63, 3.8) is 0 Å². The standard InChI is InChI=1S/C11H24O4Si/c1-11(9-15-10-11)8-14-6-5-7-16(4,12-2)13-3/h5-10H2,1-4H3. The summed E-state index contributed by atoms with van der Waals surface area (Å²) >= 11 is 0. The van der Waals surface area contributed by atoms with Crippen molar-refractivity contribution >= 4 is 8.56 Å². The highest BCUT2D eigenvalue weighted by atomic mass is 28.4. The molecule has 0 saturated carbocycles. The lowest BCUT2D eigenvalue weighted by atomic mass is 9.90. The molecular weight excluding hydrogens is 224 g/mol. The summed E-state index contributed by atoms with van der Waals surface area (Å²) in [5.41, 5.74) is 0.253. The summed E-state index contributed by atoms with van der Waals surface area (Å²) in [6, 6.07) is 0.979. The van der Waals surface area contributed by atoms with E-state index in [1.54, 1.807) is 14.2 Å². The van der Waals surface area contributed by atoms with E-state index in [4.69, 9.17) is 18.3 Å². The van der Waals surface area contributed by atoms with Gasteiger partial charge in [0, 0.05) is 26.2 Å². The summed E-state index contributed by atoms with van der Waals surface area (Å²) < 4.78 is 21.6. The molecule has 16 heavy (non-hydrogen) atoms. The number of hydrogen-bond donors (Lipinski definition) is 0. The molecule has 5 heteroatoms. The molecule has 0 aromatic rings. The third-order valence-corrected chi connectivity index (χ3v) is 6.12. The molecule has 0 bridgehead atoms. The Morgan fingerprint density at radius 1 is 1.25 bits per heavy atom. The average Bonchev–Trinajstić information content (AvgIpc) is 2.26. The molecule has 1 saturated heterocycles. The fourth-order valence-electron chi connectivity index (χ4n) is 1.64. The highest BCUT2D eigenvalue weighted by Crippen LogP contribution is 2.26. The topological polar surface area (TPSA) is 36.9 Å². The zero-order valence-corrected chi connectivity index (χ0v) is 11.9. The molecular formula is C11H24O4Si. The Balaban J connectivity index is 2.03. The van der Waals surface area contributed by atoms with Crippen molar-refractivity contribution in [3.8, 4) is 0 Å². The minimum absolute atomic E-state index is 0.253. The molecule has 0 N–H and O–H groups in total. The average molecular weight is 248 g/mol. The van der Waals surface area contributed by atoms with Gasteiger partial charge in [0.25, 0.3) is 0 Å². The van der Waals surface area contributed by atoms with E-state index in [0.717, 1.165) is 38.9 Å². The highest BCUT2D eigenvalue weighted by molar-refractivity contribution is 6.65. The monoisotopic (exact) mass is 248 g/mol. The van der Waals surface area contributed by atoms with Crippen LogP contribution in [0.2, 0.25) is 12.6 Å². The molecule has 0 atom stereocenters. The molecule has 1 heterocycles. The quantitative estimate of drug-likeness (QED) is 0.485. The fraction of sp³-hybridized carbons (Fsp3) is 1.00. The summed E-state index contributed by atoms with van der Waals surface area (Å²) in [5.74, 6) is 0. The van der Waals surface area contributed by atoms with Gasteiger partial charge in [0.1, 0.15) is 0 Å². The van der Waals surface area contributed by atoms with Gasteiger partial charge in [0.05, 0.1) is 19.8 Å². The summed E-state index contributed by atoms with van der Waals surface area (Å²) in [5, 5.41) is 0. The first kappa shape index (κ1) is 14.1. The van der Waals surface area contributed by atoms with Crippen LogP contribution in [0.25, 0.3) is 0 Å². The zero-order valence-electron chi connectivity index (χ0n) is 10.9. The summed E-state index contributed by atoms with van der Waals surface area (Å²) in [6.45, 7) is 7.51. The first-order chi connectivity index (χ1) is 7.54. The molecule has 1 rings (SSSR count). The third-order valence-electron chi connectivity index (χ3n) is 3.13. The smallest absolute Gasteiger partial charge is 0.334 e. The van der Waals surface area contributed by atoms with E-state index in [2.05, 4.69) is 13.5 Å². The molecule has 0 aromatic carbocycles. The Bertz CT molecular complexity index is 202. The van der Waals surface area contributed by atoms with Gasteiger partial charge in [-0.2, -0.15) is 0 Å². The molecule has 0 aromatic heterocycles. The van der Waals surface area contributed by atoms with Crippen LogP contribution in [0.1, 0.15) is 13.3 Å². The van der Waals surface area contributed by atoms with E-state index < -0.39 is 8.56 Å². The van der Waals surface area contributed by atoms with Crippen molar-refractivity contribution in [3.05, 3.63) is 0 Å². The van der Waals surface area contributed by atoms with Crippen LogP contribution in [0.4, 0.5) is 0 Å². The van der Waals surface area contributed by atoms with Crippen LogP contribution in [0.3, 0.4) is 0 Å². The van der Waals surface area contributed by atoms with Gasteiger partial charge in [0.2, 0.25) is 0 Å². The van der Waals surface area contributed by atoms with Crippen LogP contribution in [-0.2, 0) is 18.3 Å². The lowest BCUT2D eigenvalue weighted by Crippen LogP contribution is -2.43. The Labute approximate surface area is 99.5 Å². The second kappa shape index (κ2) is 6.12. The summed E-state index contributed by atoms with van der Waals surface area (Å²) in [6.07, 6.45) is 1.00. The van der Waals surface area contributed by atoms with Crippen molar-refractivity contribution in [2.45, 2.75) is 25.9 Å². The maximum Gasteiger partial charge on any atom is 0.334 e. The summed E-state index contributed by atoms with van der Waals surface area (Å²) in [7, 11) is 1.56. The summed E-state index contributed by atoms with van der Waals surface area (Å²) in [4.78, 5) is 0. The van der Waals surface area contributed by atoms with Crippen LogP contribution in [0.15, 0.2) is 0 Å². The Hall–Kier alpha value is 0.0569. The minimum atomic E-state index is -1.89. The maximum atomic E-state index is 5.66. The van der Waals surface area contributed by atoms with E-state index in [0.29, 0.717) is 0 Å². The van der Waals surface area contributed by atoms with Crippen molar-refractivity contribution in [2.75, 3.05) is 40.6 Å². The van der Waals surface area contributed by atoms with Crippen LogP contribution in [0, 0.1) is 5.41 Å². The lowest BCUT2D eigenvalue weighted by Gasteiger charge is -2.37. The molecule has 0 aliphatic carbocycles. The van der Waals surface area contributed by atoms with Gasteiger partial charge in [-0.05, 0) is 19.0 Å². The molecule has 1 fully saturated rings. The normalized spacial score (nSPS) is 19.5. The number of rotatable bonds is 8. The van der Waals surface area contributed by atoms with Crippen molar-refractivity contribution in [1.29, 1.82) is 0 Å². The Morgan fingerprint density at radius 2 is 1.88 bits per heavy atom. The first-order valence-electron chi connectivity index (χ1n) is 5.79. The first-order valence-corrected chi connectivity index (χ1v) is 8.32. The third kappa shape index (κ3) is 4.14.